The first kappa shape index (κ1) is 18.7. The molecule has 0 atom stereocenters. The van der Waals surface area contributed by atoms with E-state index in [0.717, 1.165) is 30.9 Å². The molecule has 1 N–H and O–H groups in total. The lowest BCUT2D eigenvalue weighted by Gasteiger charge is -2.31. The van der Waals surface area contributed by atoms with Gasteiger partial charge < -0.3 is 14.4 Å². The molecule has 1 fully saturated rings. The molecule has 3 rings (SSSR count). The third-order valence-electron chi connectivity index (χ3n) is 4.71. The number of nitrogens with zero attached hydrogens (tertiary/aromatic N) is 1. The van der Waals surface area contributed by atoms with Crippen LogP contribution >= 0.6 is 0 Å². The Labute approximate surface area is 155 Å². The fourth-order valence-corrected chi connectivity index (χ4v) is 4.70. The van der Waals surface area contributed by atoms with Gasteiger partial charge in [0.25, 0.3) is 0 Å². The Morgan fingerprint density at radius 3 is 2.23 bits per heavy atom. The molecule has 1 heterocycles. The van der Waals surface area contributed by atoms with Gasteiger partial charge in [0.05, 0.1) is 45.3 Å². The molecule has 6 nitrogen and oxygen atoms in total. The molecule has 2 aromatic rings. The number of nitrogens with one attached hydrogen (secondary N) is 1. The average Bonchev–Trinajstić information content (AvgIpc) is 2.69. The maximum Gasteiger partial charge on any atom is 0.243 e. The topological polar surface area (TPSA) is 60.3 Å². The fraction of sp³-hybridized carbons (Fsp3) is 0.368. The van der Waals surface area contributed by atoms with Crippen LogP contribution in [0.25, 0.3) is 0 Å². The van der Waals surface area contributed by atoms with Crippen LogP contribution in [0, 0.1) is 0 Å². The first-order chi connectivity index (χ1) is 12.5. The summed E-state index contributed by atoms with van der Waals surface area (Å²) >= 11 is 0. The summed E-state index contributed by atoms with van der Waals surface area (Å²) in [6, 6.07) is 14.6. The molecule has 0 spiro atoms. The fourth-order valence-electron chi connectivity index (χ4n) is 3.24. The molecule has 140 valence electrons. The van der Waals surface area contributed by atoms with Gasteiger partial charge in [-0.25, -0.2) is 8.42 Å². The molecule has 0 aromatic heterocycles. The molecule has 1 aliphatic heterocycles. The molecule has 0 bridgehead atoms. The third kappa shape index (κ3) is 4.00. The minimum absolute atomic E-state index is 0.364. The number of quaternary nitrogens is 1. The molecular formula is C19H25N2O4S+. The average molecular weight is 377 g/mol. The largest absolute Gasteiger partial charge is 0.493 e. The monoisotopic (exact) mass is 377 g/mol. The number of sulfonamides is 1. The highest BCUT2D eigenvalue weighted by Gasteiger charge is 2.30. The van der Waals surface area contributed by atoms with Crippen LogP contribution in [0.2, 0.25) is 0 Å². The highest BCUT2D eigenvalue weighted by molar-refractivity contribution is 7.89. The van der Waals surface area contributed by atoms with Crippen molar-refractivity contribution in [2.24, 2.45) is 0 Å². The summed E-state index contributed by atoms with van der Waals surface area (Å²) in [5.41, 5.74) is 1.15. The summed E-state index contributed by atoms with van der Waals surface area (Å²) in [6.07, 6.45) is 0. The second-order valence-electron chi connectivity index (χ2n) is 6.33. The van der Waals surface area contributed by atoms with Crippen LogP contribution in [-0.2, 0) is 16.6 Å². The lowest BCUT2D eigenvalue weighted by Crippen LogP contribution is -3.13. The summed E-state index contributed by atoms with van der Waals surface area (Å²) in [5.74, 6) is 1.43. The second-order valence-corrected chi connectivity index (χ2v) is 8.27. The molecule has 0 aliphatic carbocycles. The number of benzene rings is 2. The van der Waals surface area contributed by atoms with Gasteiger partial charge in [-0.05, 0) is 30.3 Å². The molecule has 0 amide bonds. The van der Waals surface area contributed by atoms with E-state index in [9.17, 15) is 8.42 Å². The van der Waals surface area contributed by atoms with E-state index in [1.54, 1.807) is 42.8 Å². The predicted octanol–water partition coefficient (Wildman–Crippen LogP) is 0.793. The summed E-state index contributed by atoms with van der Waals surface area (Å²) in [6.45, 7) is 3.44. The lowest BCUT2D eigenvalue weighted by atomic mass is 10.1. The van der Waals surface area contributed by atoms with Gasteiger partial charge in [-0.15, -0.1) is 0 Å². The quantitative estimate of drug-likeness (QED) is 0.809. The van der Waals surface area contributed by atoms with E-state index in [0.29, 0.717) is 23.7 Å². The molecular weight excluding hydrogens is 352 g/mol. The van der Waals surface area contributed by atoms with Gasteiger partial charge in [-0.2, -0.15) is 4.31 Å². The number of ether oxygens (including phenoxy) is 2. The molecule has 2 aromatic carbocycles. The van der Waals surface area contributed by atoms with E-state index in [-0.39, 0.29) is 0 Å². The summed E-state index contributed by atoms with van der Waals surface area (Å²) in [4.78, 5) is 1.72. The van der Waals surface area contributed by atoms with Crippen LogP contribution in [-0.4, -0.2) is 53.1 Å². The van der Waals surface area contributed by atoms with Crippen LogP contribution in [0.1, 0.15) is 5.56 Å². The highest BCUT2D eigenvalue weighted by Crippen LogP contribution is 2.27. The van der Waals surface area contributed by atoms with Crippen LogP contribution < -0.4 is 14.4 Å². The minimum Gasteiger partial charge on any atom is -0.493 e. The van der Waals surface area contributed by atoms with E-state index < -0.39 is 10.0 Å². The number of hydrogen-bond donors (Lipinski definition) is 1. The molecule has 0 radical (unpaired) electrons. The van der Waals surface area contributed by atoms with Crippen molar-refractivity contribution in [3.05, 3.63) is 54.1 Å². The molecule has 7 heteroatoms. The zero-order valence-corrected chi connectivity index (χ0v) is 16.0. The Kier molecular flexibility index (Phi) is 5.80. The van der Waals surface area contributed by atoms with Crippen molar-refractivity contribution >= 4 is 10.0 Å². The smallest absolute Gasteiger partial charge is 0.243 e. The van der Waals surface area contributed by atoms with Crippen LogP contribution in [0.5, 0.6) is 11.5 Å². The van der Waals surface area contributed by atoms with Crippen molar-refractivity contribution in [3.8, 4) is 11.5 Å². The van der Waals surface area contributed by atoms with Gasteiger partial charge in [-0.1, -0.05) is 18.2 Å². The maximum atomic E-state index is 12.7. The number of hydrogen-bond acceptors (Lipinski definition) is 4. The van der Waals surface area contributed by atoms with Gasteiger partial charge in [0.1, 0.15) is 6.54 Å². The molecule has 1 saturated heterocycles. The standard InChI is InChI=1S/C19H24N2O4S/c1-24-18-9-8-16(14-19(18)25-2)15-20-10-12-21(13-11-20)26(22,23)17-6-4-3-5-7-17/h3-9,14H,10-13,15H2,1-2H3/p+1. The van der Waals surface area contributed by atoms with E-state index in [2.05, 4.69) is 0 Å². The maximum absolute atomic E-state index is 12.7. The van der Waals surface area contributed by atoms with Crippen molar-refractivity contribution < 1.29 is 22.8 Å². The van der Waals surface area contributed by atoms with E-state index in [4.69, 9.17) is 9.47 Å². The van der Waals surface area contributed by atoms with E-state index in [1.807, 2.05) is 24.3 Å². The predicted molar refractivity (Wildman–Crippen MR) is 99.1 cm³/mol. The van der Waals surface area contributed by atoms with Gasteiger partial charge in [0, 0.05) is 5.56 Å². The Morgan fingerprint density at radius 1 is 0.962 bits per heavy atom. The SMILES string of the molecule is COc1ccc(C[NH+]2CCN(S(=O)(=O)c3ccccc3)CC2)cc1OC. The van der Waals surface area contributed by atoms with Crippen LogP contribution in [0.15, 0.2) is 53.4 Å². The molecule has 0 saturated carbocycles. The van der Waals surface area contributed by atoms with E-state index in [1.165, 1.54) is 4.90 Å². The normalized spacial score (nSPS) is 16.4. The number of piperazine rings is 1. The van der Waals surface area contributed by atoms with E-state index >= 15 is 0 Å². The Morgan fingerprint density at radius 2 is 1.62 bits per heavy atom. The van der Waals surface area contributed by atoms with Crippen molar-refractivity contribution in [2.45, 2.75) is 11.4 Å². The van der Waals surface area contributed by atoms with Crippen LogP contribution in [0.3, 0.4) is 0 Å². The zero-order chi connectivity index (χ0) is 18.6. The van der Waals surface area contributed by atoms with Crippen molar-refractivity contribution in [2.75, 3.05) is 40.4 Å². The first-order valence-electron chi connectivity index (χ1n) is 8.64. The van der Waals surface area contributed by atoms with Crippen LogP contribution in [0.4, 0.5) is 0 Å². The van der Waals surface area contributed by atoms with Gasteiger partial charge >= 0.3 is 0 Å². The highest BCUT2D eigenvalue weighted by atomic mass is 32.2. The number of rotatable bonds is 6. The number of methoxy groups -OCH3 is 2. The second kappa shape index (κ2) is 8.07. The summed E-state index contributed by atoms with van der Waals surface area (Å²) in [7, 11) is -0.148. The lowest BCUT2D eigenvalue weighted by molar-refractivity contribution is -0.917. The first-order valence-corrected chi connectivity index (χ1v) is 10.1. The van der Waals surface area contributed by atoms with Crippen molar-refractivity contribution in [1.29, 1.82) is 0 Å². The van der Waals surface area contributed by atoms with Crippen molar-refractivity contribution in [3.63, 3.8) is 0 Å². The Balaban J connectivity index is 1.62. The molecule has 26 heavy (non-hydrogen) atoms. The Hall–Kier alpha value is -2.09. The zero-order valence-electron chi connectivity index (χ0n) is 15.1. The Bertz CT molecular complexity index is 832. The van der Waals surface area contributed by atoms with Gasteiger partial charge in [0.2, 0.25) is 10.0 Å². The minimum atomic E-state index is -3.39. The van der Waals surface area contributed by atoms with Gasteiger partial charge in [-0.3, -0.25) is 0 Å². The third-order valence-corrected chi connectivity index (χ3v) is 6.63. The summed E-state index contributed by atoms with van der Waals surface area (Å²) < 4.78 is 37.6. The molecule has 0 unspecified atom stereocenters. The molecule has 1 aliphatic rings. The van der Waals surface area contributed by atoms with Crippen molar-refractivity contribution in [1.82, 2.24) is 4.31 Å². The van der Waals surface area contributed by atoms with Gasteiger partial charge in [0.15, 0.2) is 11.5 Å². The summed E-state index contributed by atoms with van der Waals surface area (Å²) in [5, 5.41) is 0.